The number of aliphatic hydroxyl groups excluding tert-OH is 1. The zero-order valence-electron chi connectivity index (χ0n) is 33.7. The number of rotatable bonds is 19. The van der Waals surface area contributed by atoms with Gasteiger partial charge in [0.2, 0.25) is 0 Å². The fraction of sp³-hybridized carbons (Fsp3) is 0.333. The summed E-state index contributed by atoms with van der Waals surface area (Å²) in [5, 5.41) is 32.7. The van der Waals surface area contributed by atoms with Gasteiger partial charge in [-0.3, -0.25) is 14.6 Å². The number of aliphatic hydroxyl groups is 1. The van der Waals surface area contributed by atoms with Crippen LogP contribution < -0.4 is 19.5 Å². The molecule has 1 aliphatic carbocycles. The summed E-state index contributed by atoms with van der Waals surface area (Å²) in [6.07, 6.45) is 5.88. The van der Waals surface area contributed by atoms with E-state index in [1.165, 1.54) is 13.1 Å². The first-order valence-electron chi connectivity index (χ1n) is 19.9. The van der Waals surface area contributed by atoms with Gasteiger partial charge in [0, 0.05) is 43.4 Å². The summed E-state index contributed by atoms with van der Waals surface area (Å²) in [5.74, 6) is 1.37. The summed E-state index contributed by atoms with van der Waals surface area (Å²) in [7, 11) is 0. The number of pyridine rings is 1. The summed E-state index contributed by atoms with van der Waals surface area (Å²) >= 11 is 6.80. The van der Waals surface area contributed by atoms with Crippen molar-refractivity contribution in [3.63, 3.8) is 0 Å². The first kappa shape index (κ1) is 42.9. The Morgan fingerprint density at radius 1 is 0.932 bits per heavy atom. The Morgan fingerprint density at radius 2 is 1.66 bits per heavy atom. The minimum atomic E-state index is -1.35. The summed E-state index contributed by atoms with van der Waals surface area (Å²) in [6.45, 7) is 7.66. The Kier molecular flexibility index (Phi) is 14.4. The minimum absolute atomic E-state index is 0.105. The SMILES string of the molecule is Cc1c(COc2cc(OCc3cncc(C#N)c3)c(CC[C@@](C)(CO)C(=O)O)cc2Cl)cccc1-c1cccc(-c2ccc(OCCNC[C@H]3CCC(=O)C3)cc2)c1C. The van der Waals surface area contributed by atoms with E-state index in [4.69, 9.17) is 25.8 Å². The molecule has 0 bridgehead atoms. The topological polar surface area (TPSA) is 151 Å². The standard InChI is InChI=1S/C48H50ClN3O7/c1-31-38(29-59-46-23-45(58-28-35-20-34(24-50)26-52-27-35)37(22-44(46)49)16-17-48(3,30-53)47(55)56)6-4-8-42(31)43-9-5-7-41(32(43)2)36-11-14-40(15-12-36)57-19-18-51-25-33-10-13-39(54)21-33/h4-9,11-12,14-15,20,22-23,26-27,33,51,53H,10,13,16-19,21,25,28-30H2,1-3H3,(H,55,56)/t33-,48-/m0/s1. The van der Waals surface area contributed by atoms with Gasteiger partial charge in [-0.2, -0.15) is 5.26 Å². The molecule has 3 N–H and O–H groups in total. The summed E-state index contributed by atoms with van der Waals surface area (Å²) in [6, 6.07) is 27.9. The van der Waals surface area contributed by atoms with Crippen LogP contribution in [0.15, 0.2) is 91.3 Å². The number of benzene rings is 4. The molecule has 2 atom stereocenters. The van der Waals surface area contributed by atoms with Gasteiger partial charge < -0.3 is 29.7 Å². The Hall–Kier alpha value is -5.73. The van der Waals surface area contributed by atoms with Crippen LogP contribution in [0.3, 0.4) is 0 Å². The Bertz CT molecular complexity index is 2320. The third kappa shape index (κ3) is 10.9. The number of carboxylic acid groups (broad SMARTS) is 1. The smallest absolute Gasteiger partial charge is 0.311 e. The molecular formula is C48H50ClN3O7. The van der Waals surface area contributed by atoms with Crippen LogP contribution in [0.2, 0.25) is 5.02 Å². The minimum Gasteiger partial charge on any atom is -0.492 e. The van der Waals surface area contributed by atoms with E-state index in [9.17, 15) is 25.1 Å². The van der Waals surface area contributed by atoms with E-state index in [0.29, 0.717) is 64.4 Å². The third-order valence-electron chi connectivity index (χ3n) is 11.2. The fourth-order valence-electron chi connectivity index (χ4n) is 7.34. The Balaban J connectivity index is 1.15. The number of carboxylic acids is 1. The van der Waals surface area contributed by atoms with Crippen molar-refractivity contribution in [1.29, 1.82) is 5.26 Å². The zero-order valence-corrected chi connectivity index (χ0v) is 34.5. The maximum atomic E-state index is 11.9. The summed E-state index contributed by atoms with van der Waals surface area (Å²) in [4.78, 5) is 27.6. The van der Waals surface area contributed by atoms with Gasteiger partial charge >= 0.3 is 5.97 Å². The maximum Gasteiger partial charge on any atom is 0.311 e. The van der Waals surface area contributed by atoms with Crippen LogP contribution >= 0.6 is 11.6 Å². The second kappa shape index (κ2) is 19.8. The monoisotopic (exact) mass is 815 g/mol. The average Bonchev–Trinajstić information content (AvgIpc) is 3.67. The van der Waals surface area contributed by atoms with Crippen LogP contribution in [0.5, 0.6) is 17.2 Å². The van der Waals surface area contributed by atoms with Crippen molar-refractivity contribution in [2.24, 2.45) is 11.3 Å². The lowest BCUT2D eigenvalue weighted by Crippen LogP contribution is -2.32. The number of aliphatic carboxylic acids is 1. The number of ketones is 1. The predicted octanol–water partition coefficient (Wildman–Crippen LogP) is 9.07. The lowest BCUT2D eigenvalue weighted by atomic mass is 9.85. The van der Waals surface area contributed by atoms with Gasteiger partial charge in [-0.05, 0) is 121 Å². The molecule has 1 heterocycles. The van der Waals surface area contributed by atoms with E-state index in [-0.39, 0.29) is 26.1 Å². The van der Waals surface area contributed by atoms with Crippen LogP contribution in [-0.4, -0.2) is 53.3 Å². The molecule has 1 fully saturated rings. The number of nitriles is 1. The number of aryl methyl sites for hydroxylation is 1. The third-order valence-corrected chi connectivity index (χ3v) is 11.5. The van der Waals surface area contributed by atoms with Gasteiger partial charge in [-0.15, -0.1) is 0 Å². The molecule has 1 aromatic heterocycles. The van der Waals surface area contributed by atoms with Crippen molar-refractivity contribution in [1.82, 2.24) is 10.3 Å². The number of Topliss-reactive ketones (excluding diaryl/α,β-unsaturated/α-hetero) is 1. The highest BCUT2D eigenvalue weighted by molar-refractivity contribution is 6.32. The molecule has 59 heavy (non-hydrogen) atoms. The maximum absolute atomic E-state index is 11.9. The van der Waals surface area contributed by atoms with Gasteiger partial charge in [0.15, 0.2) is 0 Å². The molecule has 306 valence electrons. The summed E-state index contributed by atoms with van der Waals surface area (Å²) in [5.41, 5.74) is 8.00. The molecule has 0 unspecified atom stereocenters. The number of ether oxygens (including phenoxy) is 3. The Labute approximate surface area is 350 Å². The van der Waals surface area contributed by atoms with Gasteiger partial charge in [-0.25, -0.2) is 0 Å². The lowest BCUT2D eigenvalue weighted by molar-refractivity contribution is -0.150. The molecule has 11 heteroatoms. The van der Waals surface area contributed by atoms with E-state index in [1.54, 1.807) is 24.4 Å². The van der Waals surface area contributed by atoms with E-state index in [0.717, 1.165) is 64.2 Å². The number of carbonyl (C=O) groups excluding carboxylic acids is 1. The van der Waals surface area contributed by atoms with Crippen molar-refractivity contribution in [2.75, 3.05) is 26.3 Å². The first-order chi connectivity index (χ1) is 28.5. The quantitative estimate of drug-likeness (QED) is 0.0689. The summed E-state index contributed by atoms with van der Waals surface area (Å²) < 4.78 is 18.6. The average molecular weight is 816 g/mol. The van der Waals surface area contributed by atoms with Crippen molar-refractivity contribution < 1.29 is 34.0 Å². The molecular weight excluding hydrogens is 766 g/mol. The van der Waals surface area contributed by atoms with E-state index >= 15 is 0 Å². The lowest BCUT2D eigenvalue weighted by Gasteiger charge is -2.23. The number of halogens is 1. The van der Waals surface area contributed by atoms with E-state index < -0.39 is 18.0 Å². The van der Waals surface area contributed by atoms with Crippen LogP contribution in [0.1, 0.15) is 66.0 Å². The molecule has 1 aliphatic rings. The first-order valence-corrected chi connectivity index (χ1v) is 20.3. The molecule has 5 aromatic rings. The molecule has 0 radical (unpaired) electrons. The van der Waals surface area contributed by atoms with Gasteiger partial charge in [-0.1, -0.05) is 60.1 Å². The number of nitrogens with zero attached hydrogens (tertiary/aromatic N) is 2. The Morgan fingerprint density at radius 3 is 2.37 bits per heavy atom. The van der Waals surface area contributed by atoms with E-state index in [1.807, 2.05) is 24.3 Å². The fourth-order valence-corrected chi connectivity index (χ4v) is 7.58. The molecule has 0 amide bonds. The number of hydrogen-bond acceptors (Lipinski definition) is 9. The predicted molar refractivity (Wildman–Crippen MR) is 228 cm³/mol. The number of nitrogens with one attached hydrogen (secondary N) is 1. The molecule has 0 saturated heterocycles. The van der Waals surface area contributed by atoms with E-state index in [2.05, 4.69) is 66.6 Å². The second-order valence-corrected chi connectivity index (χ2v) is 15.9. The molecule has 1 saturated carbocycles. The highest BCUT2D eigenvalue weighted by Crippen LogP contribution is 2.38. The molecule has 0 spiro atoms. The molecule has 4 aromatic carbocycles. The van der Waals surface area contributed by atoms with Crippen LogP contribution in [0.4, 0.5) is 0 Å². The zero-order chi connectivity index (χ0) is 41.9. The van der Waals surface area contributed by atoms with Crippen LogP contribution in [0.25, 0.3) is 22.3 Å². The van der Waals surface area contributed by atoms with Crippen LogP contribution in [0, 0.1) is 36.5 Å². The number of aromatic nitrogens is 1. The van der Waals surface area contributed by atoms with Gasteiger partial charge in [0.25, 0.3) is 0 Å². The second-order valence-electron chi connectivity index (χ2n) is 15.5. The van der Waals surface area contributed by atoms with Crippen molar-refractivity contribution in [3.8, 4) is 45.6 Å². The molecule has 6 rings (SSSR count). The molecule has 10 nitrogen and oxygen atoms in total. The largest absolute Gasteiger partial charge is 0.492 e. The van der Waals surface area contributed by atoms with Crippen molar-refractivity contribution in [3.05, 3.63) is 130 Å². The van der Waals surface area contributed by atoms with Gasteiger partial charge in [0.1, 0.15) is 48.9 Å². The number of hydrogen-bond donors (Lipinski definition) is 3. The van der Waals surface area contributed by atoms with Gasteiger partial charge in [0.05, 0.1) is 22.6 Å². The van der Waals surface area contributed by atoms with Crippen molar-refractivity contribution >= 4 is 23.4 Å². The van der Waals surface area contributed by atoms with Crippen LogP contribution in [-0.2, 0) is 29.2 Å². The number of carbonyl (C=O) groups is 2. The highest BCUT2D eigenvalue weighted by atomic mass is 35.5. The molecule has 0 aliphatic heterocycles. The highest BCUT2D eigenvalue weighted by Gasteiger charge is 2.32. The van der Waals surface area contributed by atoms with Crippen molar-refractivity contribution in [2.45, 2.75) is 66.1 Å². The normalized spacial score (nSPS) is 14.7.